The van der Waals surface area contributed by atoms with Crippen LogP contribution >= 0.6 is 0 Å². The number of morpholine rings is 1. The van der Waals surface area contributed by atoms with E-state index in [0.717, 1.165) is 74.4 Å². The Morgan fingerprint density at radius 3 is 2.62 bits per heavy atom. The van der Waals surface area contributed by atoms with Gasteiger partial charge in [0.25, 0.3) is 5.91 Å². The minimum Gasteiger partial charge on any atom is -0.379 e. The van der Waals surface area contributed by atoms with Gasteiger partial charge in [0.1, 0.15) is 0 Å². The zero-order valence-corrected chi connectivity index (χ0v) is 16.5. The molecule has 150 valence electrons. The lowest BCUT2D eigenvalue weighted by atomic mass is 10.0. The van der Waals surface area contributed by atoms with Crippen molar-refractivity contribution in [3.8, 4) is 11.3 Å². The van der Waals surface area contributed by atoms with Gasteiger partial charge in [0.2, 0.25) is 0 Å². The van der Waals surface area contributed by atoms with Crippen LogP contribution in [0.5, 0.6) is 0 Å². The molecule has 2 aromatic heterocycles. The third-order valence-corrected chi connectivity index (χ3v) is 6.17. The van der Waals surface area contributed by atoms with Crippen molar-refractivity contribution in [1.82, 2.24) is 19.8 Å². The number of aromatic amines is 1. The van der Waals surface area contributed by atoms with Gasteiger partial charge in [-0.1, -0.05) is 6.07 Å². The van der Waals surface area contributed by atoms with Gasteiger partial charge in [0.05, 0.1) is 24.5 Å². The third-order valence-electron chi connectivity index (χ3n) is 6.17. The van der Waals surface area contributed by atoms with E-state index >= 15 is 0 Å². The molecule has 2 saturated heterocycles. The van der Waals surface area contributed by atoms with E-state index < -0.39 is 0 Å². The largest absolute Gasteiger partial charge is 0.379 e. The summed E-state index contributed by atoms with van der Waals surface area (Å²) < 4.78 is 5.45. The maximum absolute atomic E-state index is 12.9. The van der Waals surface area contributed by atoms with Crippen LogP contribution in [0.3, 0.4) is 0 Å². The number of fused-ring (bicyclic) bond motifs is 1. The van der Waals surface area contributed by atoms with Crippen LogP contribution in [0, 0.1) is 0 Å². The minimum absolute atomic E-state index is 0.0885. The van der Waals surface area contributed by atoms with Gasteiger partial charge in [-0.15, -0.1) is 0 Å². The Balaban J connectivity index is 1.23. The van der Waals surface area contributed by atoms with Crippen LogP contribution in [0.4, 0.5) is 0 Å². The van der Waals surface area contributed by atoms with E-state index in [4.69, 9.17) is 4.74 Å². The van der Waals surface area contributed by atoms with Crippen LogP contribution in [0.1, 0.15) is 23.2 Å². The molecule has 4 heterocycles. The first-order valence-electron chi connectivity index (χ1n) is 10.4. The lowest BCUT2D eigenvalue weighted by Crippen LogP contribution is -2.50. The Labute approximate surface area is 170 Å². The molecule has 3 aromatic rings. The van der Waals surface area contributed by atoms with Gasteiger partial charge in [-0.25, -0.2) is 0 Å². The van der Waals surface area contributed by atoms with Gasteiger partial charge in [-0.3, -0.25) is 14.7 Å². The predicted molar refractivity (Wildman–Crippen MR) is 113 cm³/mol. The number of amides is 1. The van der Waals surface area contributed by atoms with Gasteiger partial charge in [0, 0.05) is 61.1 Å². The van der Waals surface area contributed by atoms with E-state index in [2.05, 4.69) is 39.1 Å². The highest BCUT2D eigenvalue weighted by Crippen LogP contribution is 2.24. The summed E-state index contributed by atoms with van der Waals surface area (Å²) in [6.45, 7) is 5.30. The first-order valence-corrected chi connectivity index (χ1v) is 10.4. The number of carbonyl (C=O) groups is 1. The lowest BCUT2D eigenvalue weighted by molar-refractivity contribution is 0.00158. The summed E-state index contributed by atoms with van der Waals surface area (Å²) in [6.07, 6.45) is 5.72. The molecule has 2 aliphatic rings. The molecule has 2 fully saturated rings. The Hall–Kier alpha value is -2.70. The second kappa shape index (κ2) is 7.97. The molecule has 1 aromatic carbocycles. The molecular formula is C23H26N4O2. The highest BCUT2D eigenvalue weighted by molar-refractivity contribution is 5.94. The van der Waals surface area contributed by atoms with E-state index in [1.54, 1.807) is 6.20 Å². The van der Waals surface area contributed by atoms with Crippen molar-refractivity contribution < 1.29 is 9.53 Å². The number of nitrogens with one attached hydrogen (secondary N) is 1. The number of pyridine rings is 1. The molecule has 0 unspecified atom stereocenters. The molecule has 1 N–H and O–H groups in total. The number of nitrogens with zero attached hydrogens (tertiary/aromatic N) is 3. The molecule has 1 amide bonds. The maximum atomic E-state index is 12.9. The van der Waals surface area contributed by atoms with Crippen molar-refractivity contribution >= 4 is 16.8 Å². The quantitative estimate of drug-likeness (QED) is 0.746. The fraction of sp³-hybridized carbons (Fsp3) is 0.391. The van der Waals surface area contributed by atoms with Gasteiger partial charge in [0.15, 0.2) is 0 Å². The van der Waals surface area contributed by atoms with E-state index in [1.807, 2.05) is 23.2 Å². The number of likely N-dealkylation sites (tertiary alicyclic amines) is 1. The highest BCUT2D eigenvalue weighted by Gasteiger charge is 2.28. The monoisotopic (exact) mass is 390 g/mol. The number of benzene rings is 1. The molecule has 2 aliphatic heterocycles. The number of H-pyrrole nitrogens is 1. The van der Waals surface area contributed by atoms with E-state index in [9.17, 15) is 4.79 Å². The first kappa shape index (κ1) is 18.3. The van der Waals surface area contributed by atoms with Gasteiger partial charge in [-0.2, -0.15) is 0 Å². The molecule has 5 rings (SSSR count). The molecule has 29 heavy (non-hydrogen) atoms. The van der Waals surface area contributed by atoms with E-state index in [0.29, 0.717) is 11.6 Å². The highest BCUT2D eigenvalue weighted by atomic mass is 16.5. The third kappa shape index (κ3) is 3.78. The molecule has 0 atom stereocenters. The second-order valence-corrected chi connectivity index (χ2v) is 7.88. The number of hydrogen-bond acceptors (Lipinski definition) is 4. The van der Waals surface area contributed by atoms with Crippen LogP contribution in [-0.4, -0.2) is 71.1 Å². The fourth-order valence-electron chi connectivity index (χ4n) is 4.46. The molecule has 0 spiro atoms. The Kier molecular flexibility index (Phi) is 5.04. The van der Waals surface area contributed by atoms with Crippen molar-refractivity contribution in [3.63, 3.8) is 0 Å². The van der Waals surface area contributed by atoms with Crippen molar-refractivity contribution in [3.05, 3.63) is 54.4 Å². The second-order valence-electron chi connectivity index (χ2n) is 7.88. The molecule has 0 saturated carbocycles. The molecule has 6 heteroatoms. The van der Waals surface area contributed by atoms with E-state index in [1.165, 1.54) is 0 Å². The lowest BCUT2D eigenvalue weighted by Gasteiger charge is -2.40. The van der Waals surface area contributed by atoms with Gasteiger partial charge < -0.3 is 14.6 Å². The SMILES string of the molecule is O=C(c1ccc(-c2ccc3[nH]ccc3c2)nc1)N1CCC(N2CCOCC2)CC1. The van der Waals surface area contributed by atoms with Crippen molar-refractivity contribution in [2.24, 2.45) is 0 Å². The summed E-state index contributed by atoms with van der Waals surface area (Å²) in [5, 5.41) is 1.16. The summed E-state index contributed by atoms with van der Waals surface area (Å²) in [7, 11) is 0. The topological polar surface area (TPSA) is 61.5 Å². The number of aromatic nitrogens is 2. The van der Waals surface area contributed by atoms with Crippen LogP contribution < -0.4 is 0 Å². The van der Waals surface area contributed by atoms with Crippen molar-refractivity contribution in [1.29, 1.82) is 0 Å². The summed E-state index contributed by atoms with van der Waals surface area (Å²) in [5.74, 6) is 0.0885. The average molecular weight is 390 g/mol. The maximum Gasteiger partial charge on any atom is 0.255 e. The normalized spacial score (nSPS) is 19.0. The zero-order valence-electron chi connectivity index (χ0n) is 16.5. The van der Waals surface area contributed by atoms with Crippen LogP contribution in [0.25, 0.3) is 22.2 Å². The van der Waals surface area contributed by atoms with Gasteiger partial charge >= 0.3 is 0 Å². The molecule has 6 nitrogen and oxygen atoms in total. The van der Waals surface area contributed by atoms with E-state index in [-0.39, 0.29) is 5.91 Å². The Morgan fingerprint density at radius 2 is 1.86 bits per heavy atom. The molecule has 0 radical (unpaired) electrons. The summed E-state index contributed by atoms with van der Waals surface area (Å²) in [5.41, 5.74) is 3.72. The summed E-state index contributed by atoms with van der Waals surface area (Å²) in [4.78, 5) is 25.2. The van der Waals surface area contributed by atoms with Crippen LogP contribution in [-0.2, 0) is 4.74 Å². The smallest absolute Gasteiger partial charge is 0.255 e. The van der Waals surface area contributed by atoms with Gasteiger partial charge in [-0.05, 0) is 43.2 Å². The minimum atomic E-state index is 0.0885. The number of ether oxygens (including phenoxy) is 1. The summed E-state index contributed by atoms with van der Waals surface area (Å²) >= 11 is 0. The number of carbonyl (C=O) groups excluding carboxylic acids is 1. The number of rotatable bonds is 3. The number of piperidine rings is 1. The fourth-order valence-corrected chi connectivity index (χ4v) is 4.46. The first-order chi connectivity index (χ1) is 14.3. The van der Waals surface area contributed by atoms with Crippen LogP contribution in [0.2, 0.25) is 0 Å². The Bertz CT molecular complexity index is 984. The standard InChI is InChI=1S/C23H26N4O2/c28-23(27-9-6-20(7-10-27)26-11-13-29-14-12-26)19-2-4-22(25-16-19)17-1-3-21-18(15-17)5-8-24-21/h1-5,8,15-16,20,24H,6-7,9-14H2. The van der Waals surface area contributed by atoms with Crippen molar-refractivity contribution in [2.45, 2.75) is 18.9 Å². The molecule has 0 aliphatic carbocycles. The predicted octanol–water partition coefficient (Wildman–Crippen LogP) is 3.17. The van der Waals surface area contributed by atoms with Crippen molar-refractivity contribution in [2.75, 3.05) is 39.4 Å². The number of hydrogen-bond donors (Lipinski definition) is 1. The zero-order chi connectivity index (χ0) is 19.6. The molecule has 0 bridgehead atoms. The average Bonchev–Trinajstić information content (AvgIpc) is 3.27. The Morgan fingerprint density at radius 1 is 1.03 bits per heavy atom. The van der Waals surface area contributed by atoms with Crippen LogP contribution in [0.15, 0.2) is 48.8 Å². The molecular weight excluding hydrogens is 364 g/mol. The summed E-state index contributed by atoms with van der Waals surface area (Å²) in [6, 6.07) is 12.7.